The molecule has 1 N–H and O–H groups in total. The minimum absolute atomic E-state index is 0.231. The smallest absolute Gasteiger partial charge is 0.236 e. The SMILES string of the molecule is CCCCCCCCCC(NC)c1nccnc1OC. The molecule has 1 heterocycles. The van der Waals surface area contributed by atoms with Crippen molar-refractivity contribution in [1.82, 2.24) is 15.3 Å². The van der Waals surface area contributed by atoms with Crippen molar-refractivity contribution >= 4 is 0 Å². The van der Waals surface area contributed by atoms with Gasteiger partial charge in [-0.05, 0) is 13.5 Å². The van der Waals surface area contributed by atoms with Crippen LogP contribution >= 0.6 is 0 Å². The summed E-state index contributed by atoms with van der Waals surface area (Å²) in [4.78, 5) is 8.63. The van der Waals surface area contributed by atoms with E-state index in [2.05, 4.69) is 22.2 Å². The highest BCUT2D eigenvalue weighted by atomic mass is 16.5. The van der Waals surface area contributed by atoms with Crippen LogP contribution in [0.3, 0.4) is 0 Å². The van der Waals surface area contributed by atoms with Crippen LogP contribution in [0.5, 0.6) is 5.88 Å². The summed E-state index contributed by atoms with van der Waals surface area (Å²) in [5, 5.41) is 3.32. The zero-order valence-corrected chi connectivity index (χ0v) is 13.2. The van der Waals surface area contributed by atoms with Gasteiger partial charge in [0.05, 0.1) is 13.2 Å². The number of hydrogen-bond acceptors (Lipinski definition) is 4. The predicted octanol–water partition coefficient (Wildman–Crippen LogP) is 3.89. The van der Waals surface area contributed by atoms with Crippen molar-refractivity contribution in [3.05, 3.63) is 18.1 Å². The van der Waals surface area contributed by atoms with Crippen LogP contribution in [0, 0.1) is 0 Å². The molecule has 0 bridgehead atoms. The maximum atomic E-state index is 5.29. The Balaban J connectivity index is 2.32. The van der Waals surface area contributed by atoms with Crippen molar-refractivity contribution in [2.75, 3.05) is 14.2 Å². The van der Waals surface area contributed by atoms with E-state index in [1.54, 1.807) is 19.5 Å². The minimum Gasteiger partial charge on any atom is -0.480 e. The molecule has 1 rings (SSSR count). The highest BCUT2D eigenvalue weighted by Gasteiger charge is 2.16. The van der Waals surface area contributed by atoms with Gasteiger partial charge in [0.2, 0.25) is 5.88 Å². The summed E-state index contributed by atoms with van der Waals surface area (Å²) in [5.74, 6) is 0.634. The van der Waals surface area contributed by atoms with E-state index in [9.17, 15) is 0 Å². The van der Waals surface area contributed by atoms with Crippen LogP contribution < -0.4 is 10.1 Å². The topological polar surface area (TPSA) is 47.0 Å². The minimum atomic E-state index is 0.231. The second-order valence-electron chi connectivity index (χ2n) is 5.20. The van der Waals surface area contributed by atoms with Gasteiger partial charge in [-0.2, -0.15) is 0 Å². The van der Waals surface area contributed by atoms with Crippen LogP contribution in [-0.4, -0.2) is 24.1 Å². The average Bonchev–Trinajstić information content (AvgIpc) is 2.50. The molecule has 1 unspecified atom stereocenters. The van der Waals surface area contributed by atoms with Crippen molar-refractivity contribution in [3.8, 4) is 5.88 Å². The van der Waals surface area contributed by atoms with Gasteiger partial charge in [0, 0.05) is 12.4 Å². The van der Waals surface area contributed by atoms with Gasteiger partial charge in [-0.25, -0.2) is 4.98 Å². The standard InChI is InChI=1S/C16H29N3O/c1-4-5-6-7-8-9-10-11-14(17-2)15-16(20-3)19-13-12-18-15/h12-14,17H,4-11H2,1-3H3. The number of hydrogen-bond donors (Lipinski definition) is 1. The van der Waals surface area contributed by atoms with Crippen LogP contribution in [0.25, 0.3) is 0 Å². The molecule has 20 heavy (non-hydrogen) atoms. The third kappa shape index (κ3) is 5.87. The largest absolute Gasteiger partial charge is 0.480 e. The van der Waals surface area contributed by atoms with Crippen LogP contribution in [0.1, 0.15) is 70.0 Å². The second-order valence-corrected chi connectivity index (χ2v) is 5.20. The van der Waals surface area contributed by atoms with Gasteiger partial charge in [-0.3, -0.25) is 4.98 Å². The quantitative estimate of drug-likeness (QED) is 0.624. The molecule has 0 aliphatic rings. The number of methoxy groups -OCH3 is 1. The van der Waals surface area contributed by atoms with Crippen molar-refractivity contribution in [2.24, 2.45) is 0 Å². The summed E-state index contributed by atoms with van der Waals surface area (Å²) in [6.45, 7) is 2.26. The number of aromatic nitrogens is 2. The Morgan fingerprint density at radius 3 is 2.35 bits per heavy atom. The summed E-state index contributed by atoms with van der Waals surface area (Å²) >= 11 is 0. The zero-order valence-electron chi connectivity index (χ0n) is 13.2. The fourth-order valence-electron chi connectivity index (χ4n) is 2.46. The highest BCUT2D eigenvalue weighted by Crippen LogP contribution is 2.24. The summed E-state index contributed by atoms with van der Waals surface area (Å²) in [7, 11) is 3.62. The van der Waals surface area contributed by atoms with Gasteiger partial charge in [0.1, 0.15) is 5.69 Å². The lowest BCUT2D eigenvalue weighted by molar-refractivity contribution is 0.374. The normalized spacial score (nSPS) is 12.3. The van der Waals surface area contributed by atoms with E-state index < -0.39 is 0 Å². The zero-order chi connectivity index (χ0) is 14.6. The molecule has 1 atom stereocenters. The molecule has 1 aromatic rings. The molecule has 0 aromatic carbocycles. The Hall–Kier alpha value is -1.16. The van der Waals surface area contributed by atoms with E-state index >= 15 is 0 Å². The van der Waals surface area contributed by atoms with Crippen molar-refractivity contribution in [3.63, 3.8) is 0 Å². The highest BCUT2D eigenvalue weighted by molar-refractivity contribution is 5.20. The van der Waals surface area contributed by atoms with Gasteiger partial charge in [-0.1, -0.05) is 51.9 Å². The van der Waals surface area contributed by atoms with Gasteiger partial charge >= 0.3 is 0 Å². The van der Waals surface area contributed by atoms with E-state index in [1.807, 2.05) is 7.05 Å². The molecule has 114 valence electrons. The second kappa shape index (κ2) is 10.6. The fraction of sp³-hybridized carbons (Fsp3) is 0.750. The molecule has 0 aliphatic heterocycles. The van der Waals surface area contributed by atoms with Crippen LogP contribution in [0.4, 0.5) is 0 Å². The third-order valence-electron chi connectivity index (χ3n) is 3.66. The molecule has 0 fully saturated rings. The molecule has 1 aromatic heterocycles. The lowest BCUT2D eigenvalue weighted by atomic mass is 10.0. The molecule has 0 amide bonds. The molecular weight excluding hydrogens is 250 g/mol. The number of nitrogens with zero attached hydrogens (tertiary/aromatic N) is 2. The first-order valence-electron chi connectivity index (χ1n) is 7.85. The molecule has 0 saturated heterocycles. The fourth-order valence-corrected chi connectivity index (χ4v) is 2.46. The Labute approximate surface area is 123 Å². The maximum Gasteiger partial charge on any atom is 0.236 e. The number of nitrogens with one attached hydrogen (secondary N) is 1. The lowest BCUT2D eigenvalue weighted by Gasteiger charge is -2.17. The molecule has 0 radical (unpaired) electrons. The first-order chi connectivity index (χ1) is 9.83. The van der Waals surface area contributed by atoms with Crippen LogP contribution in [0.15, 0.2) is 12.4 Å². The van der Waals surface area contributed by atoms with Gasteiger partial charge in [0.25, 0.3) is 0 Å². The number of ether oxygens (including phenoxy) is 1. The van der Waals surface area contributed by atoms with E-state index in [1.165, 1.54) is 44.9 Å². The average molecular weight is 279 g/mol. The first kappa shape index (κ1) is 16.9. The monoisotopic (exact) mass is 279 g/mol. The molecule has 0 aliphatic carbocycles. The van der Waals surface area contributed by atoms with Crippen molar-refractivity contribution in [1.29, 1.82) is 0 Å². The molecule has 0 spiro atoms. The van der Waals surface area contributed by atoms with Gasteiger partial charge < -0.3 is 10.1 Å². The van der Waals surface area contributed by atoms with Crippen LogP contribution in [-0.2, 0) is 0 Å². The predicted molar refractivity (Wildman–Crippen MR) is 83.0 cm³/mol. The van der Waals surface area contributed by atoms with E-state index in [0.29, 0.717) is 5.88 Å². The maximum absolute atomic E-state index is 5.29. The summed E-state index contributed by atoms with van der Waals surface area (Å²) in [6, 6.07) is 0.231. The van der Waals surface area contributed by atoms with Crippen molar-refractivity contribution < 1.29 is 4.74 Å². The van der Waals surface area contributed by atoms with E-state index in [-0.39, 0.29) is 6.04 Å². The third-order valence-corrected chi connectivity index (χ3v) is 3.66. The van der Waals surface area contributed by atoms with Gasteiger partial charge in [0.15, 0.2) is 0 Å². The summed E-state index contributed by atoms with van der Waals surface area (Å²) in [5.41, 5.74) is 0.920. The Bertz CT molecular complexity index is 357. The van der Waals surface area contributed by atoms with Crippen LogP contribution in [0.2, 0.25) is 0 Å². The molecule has 4 heteroatoms. The van der Waals surface area contributed by atoms with Crippen molar-refractivity contribution in [2.45, 2.75) is 64.3 Å². The Kier molecular flexibility index (Phi) is 8.96. The van der Waals surface area contributed by atoms with E-state index in [0.717, 1.165) is 12.1 Å². The first-order valence-corrected chi connectivity index (χ1v) is 7.85. The molecule has 4 nitrogen and oxygen atoms in total. The van der Waals surface area contributed by atoms with E-state index in [4.69, 9.17) is 4.74 Å². The molecule has 0 saturated carbocycles. The lowest BCUT2D eigenvalue weighted by Crippen LogP contribution is -2.19. The molecular formula is C16H29N3O. The number of rotatable bonds is 11. The summed E-state index contributed by atoms with van der Waals surface area (Å²) < 4.78 is 5.29. The number of unbranched alkanes of at least 4 members (excludes halogenated alkanes) is 6. The summed E-state index contributed by atoms with van der Waals surface area (Å²) in [6.07, 6.45) is 13.8. The Morgan fingerprint density at radius 1 is 1.05 bits per heavy atom. The van der Waals surface area contributed by atoms with Gasteiger partial charge in [-0.15, -0.1) is 0 Å². The Morgan fingerprint density at radius 2 is 1.70 bits per heavy atom.